The van der Waals surface area contributed by atoms with Gasteiger partial charge in [0.25, 0.3) is 0 Å². The second-order valence-electron chi connectivity index (χ2n) is 5.33. The van der Waals surface area contributed by atoms with Crippen molar-refractivity contribution in [3.63, 3.8) is 0 Å². The highest BCUT2D eigenvalue weighted by atomic mass is 35.5. The maximum Gasteiger partial charge on any atom is 0.212 e. The Bertz CT molecular complexity index is 882. The lowest BCUT2D eigenvalue weighted by atomic mass is 10.1. The van der Waals surface area contributed by atoms with Crippen LogP contribution in [0.4, 0.5) is 0 Å². The summed E-state index contributed by atoms with van der Waals surface area (Å²) in [7, 11) is 0. The van der Waals surface area contributed by atoms with E-state index in [4.69, 9.17) is 16.7 Å². The number of benzene rings is 2. The molecule has 3 aromatic rings. The van der Waals surface area contributed by atoms with Crippen LogP contribution in [0.1, 0.15) is 11.1 Å². The van der Waals surface area contributed by atoms with Crippen molar-refractivity contribution in [1.29, 1.82) is 0 Å². The van der Waals surface area contributed by atoms with E-state index in [-0.39, 0.29) is 0 Å². The fourth-order valence-corrected chi connectivity index (χ4v) is 3.36. The molecule has 4 nitrogen and oxygen atoms in total. The van der Waals surface area contributed by atoms with Gasteiger partial charge in [0.15, 0.2) is 5.82 Å². The predicted molar refractivity (Wildman–Crippen MR) is 94.3 cm³/mol. The second-order valence-corrected chi connectivity index (χ2v) is 6.71. The average molecular weight is 341 g/mol. The number of hydrogen-bond acceptors (Lipinski definition) is 4. The summed E-state index contributed by atoms with van der Waals surface area (Å²) in [5.41, 5.74) is 4.34. The molecule has 0 radical (unpaired) electrons. The van der Waals surface area contributed by atoms with Crippen molar-refractivity contribution in [2.75, 3.05) is 5.75 Å². The van der Waals surface area contributed by atoms with E-state index in [1.807, 2.05) is 28.9 Å². The van der Waals surface area contributed by atoms with Crippen molar-refractivity contribution >= 4 is 29.1 Å². The van der Waals surface area contributed by atoms with Gasteiger partial charge in [-0.25, -0.2) is 0 Å². The minimum absolute atomic E-state index is 0.699. The number of halogens is 1. The molecule has 0 N–H and O–H groups in total. The SMILES string of the molecule is Cc1ccc(C2=Nn3c(nnc3-c3ccc(Cl)cc3)SC2)cc1. The second kappa shape index (κ2) is 5.83. The van der Waals surface area contributed by atoms with Gasteiger partial charge in [0, 0.05) is 16.3 Å². The van der Waals surface area contributed by atoms with Gasteiger partial charge in [-0.1, -0.05) is 53.2 Å². The van der Waals surface area contributed by atoms with Gasteiger partial charge in [0.05, 0.1) is 5.71 Å². The van der Waals surface area contributed by atoms with Crippen LogP contribution < -0.4 is 0 Å². The smallest absolute Gasteiger partial charge is 0.187 e. The van der Waals surface area contributed by atoms with E-state index in [1.165, 1.54) is 5.56 Å². The number of hydrogen-bond donors (Lipinski definition) is 0. The number of fused-ring (bicyclic) bond motifs is 1. The Hall–Kier alpha value is -2.11. The van der Waals surface area contributed by atoms with Crippen molar-refractivity contribution in [2.45, 2.75) is 12.1 Å². The first-order chi connectivity index (χ1) is 11.2. The molecule has 0 atom stereocenters. The molecular weight excluding hydrogens is 328 g/mol. The lowest BCUT2D eigenvalue weighted by Crippen LogP contribution is -2.13. The quantitative estimate of drug-likeness (QED) is 0.700. The highest BCUT2D eigenvalue weighted by molar-refractivity contribution is 7.99. The first-order valence-corrected chi connectivity index (χ1v) is 8.56. The van der Waals surface area contributed by atoms with E-state index in [0.717, 1.165) is 33.6 Å². The Morgan fingerprint density at radius 3 is 2.39 bits per heavy atom. The third-order valence-corrected chi connectivity index (χ3v) is 4.84. The van der Waals surface area contributed by atoms with Crippen LogP contribution >= 0.6 is 23.4 Å². The molecule has 1 aromatic heterocycles. The Labute approximate surface area is 143 Å². The third-order valence-electron chi connectivity index (χ3n) is 3.66. The van der Waals surface area contributed by atoms with Crippen molar-refractivity contribution in [2.24, 2.45) is 5.10 Å². The summed E-state index contributed by atoms with van der Waals surface area (Å²) in [4.78, 5) is 0. The summed E-state index contributed by atoms with van der Waals surface area (Å²) in [6, 6.07) is 16.0. The molecule has 6 heteroatoms. The Balaban J connectivity index is 1.77. The fraction of sp³-hybridized carbons (Fsp3) is 0.118. The van der Waals surface area contributed by atoms with Crippen LogP contribution in [-0.4, -0.2) is 26.3 Å². The zero-order valence-electron chi connectivity index (χ0n) is 12.4. The molecule has 0 aliphatic carbocycles. The lowest BCUT2D eigenvalue weighted by molar-refractivity contribution is 0.762. The van der Waals surface area contributed by atoms with Crippen LogP contribution in [0.3, 0.4) is 0 Å². The van der Waals surface area contributed by atoms with Crippen molar-refractivity contribution in [1.82, 2.24) is 14.9 Å². The topological polar surface area (TPSA) is 43.1 Å². The van der Waals surface area contributed by atoms with E-state index < -0.39 is 0 Å². The fourth-order valence-electron chi connectivity index (χ4n) is 2.39. The van der Waals surface area contributed by atoms with Crippen molar-refractivity contribution in [3.05, 3.63) is 64.7 Å². The molecule has 1 aliphatic heterocycles. The van der Waals surface area contributed by atoms with Crippen molar-refractivity contribution in [3.8, 4) is 11.4 Å². The molecule has 0 saturated heterocycles. The Morgan fingerprint density at radius 2 is 1.65 bits per heavy atom. The van der Waals surface area contributed by atoms with Crippen LogP contribution in [0.25, 0.3) is 11.4 Å². The summed E-state index contributed by atoms with van der Waals surface area (Å²) in [6.07, 6.45) is 0. The summed E-state index contributed by atoms with van der Waals surface area (Å²) in [5, 5.41) is 14.8. The van der Waals surface area contributed by atoms with Crippen LogP contribution in [-0.2, 0) is 0 Å². The van der Waals surface area contributed by atoms with Crippen LogP contribution in [0, 0.1) is 6.92 Å². The van der Waals surface area contributed by atoms with E-state index in [2.05, 4.69) is 41.4 Å². The maximum absolute atomic E-state index is 5.96. The molecule has 0 spiro atoms. The van der Waals surface area contributed by atoms with Gasteiger partial charge in [0.2, 0.25) is 5.16 Å². The molecule has 0 bridgehead atoms. The molecule has 23 heavy (non-hydrogen) atoms. The highest BCUT2D eigenvalue weighted by Gasteiger charge is 2.20. The molecule has 0 saturated carbocycles. The Kier molecular flexibility index (Phi) is 3.67. The molecule has 0 fully saturated rings. The van der Waals surface area contributed by atoms with E-state index >= 15 is 0 Å². The standard InChI is InChI=1S/C17H13ClN4S/c1-11-2-4-12(5-3-11)15-10-23-17-20-19-16(22(17)21-15)13-6-8-14(18)9-7-13/h2-9H,10H2,1H3. The summed E-state index contributed by atoms with van der Waals surface area (Å²) in [5.74, 6) is 1.52. The number of aryl methyl sites for hydroxylation is 1. The number of nitrogens with zero attached hydrogens (tertiary/aromatic N) is 4. The van der Waals surface area contributed by atoms with Crippen LogP contribution in [0.15, 0.2) is 58.8 Å². The van der Waals surface area contributed by atoms with Crippen LogP contribution in [0.2, 0.25) is 5.02 Å². The van der Waals surface area contributed by atoms with Gasteiger partial charge >= 0.3 is 0 Å². The van der Waals surface area contributed by atoms with Gasteiger partial charge in [-0.3, -0.25) is 0 Å². The van der Waals surface area contributed by atoms with E-state index in [0.29, 0.717) is 5.02 Å². The van der Waals surface area contributed by atoms with E-state index in [1.54, 1.807) is 11.8 Å². The van der Waals surface area contributed by atoms with Crippen molar-refractivity contribution < 1.29 is 0 Å². The largest absolute Gasteiger partial charge is 0.212 e. The monoisotopic (exact) mass is 340 g/mol. The third kappa shape index (κ3) is 2.78. The van der Waals surface area contributed by atoms with Gasteiger partial charge in [-0.15, -0.1) is 10.2 Å². The number of rotatable bonds is 2. The predicted octanol–water partition coefficient (Wildman–Crippen LogP) is 4.27. The van der Waals surface area contributed by atoms with Crippen LogP contribution in [0.5, 0.6) is 0 Å². The summed E-state index contributed by atoms with van der Waals surface area (Å²) < 4.78 is 1.81. The minimum atomic E-state index is 0.699. The van der Waals surface area contributed by atoms with Gasteiger partial charge in [-0.05, 0) is 36.8 Å². The van der Waals surface area contributed by atoms with Gasteiger partial charge in [0.1, 0.15) is 0 Å². The van der Waals surface area contributed by atoms with E-state index in [9.17, 15) is 0 Å². The molecule has 4 rings (SSSR count). The molecule has 0 unspecified atom stereocenters. The lowest BCUT2D eigenvalue weighted by Gasteiger charge is -2.14. The summed E-state index contributed by atoms with van der Waals surface area (Å²) in [6.45, 7) is 2.08. The summed E-state index contributed by atoms with van der Waals surface area (Å²) >= 11 is 7.60. The molecule has 0 amide bonds. The first kappa shape index (κ1) is 14.5. The average Bonchev–Trinajstić information content (AvgIpc) is 2.99. The Morgan fingerprint density at radius 1 is 0.957 bits per heavy atom. The van der Waals surface area contributed by atoms with Gasteiger partial charge < -0.3 is 0 Å². The molecule has 2 aromatic carbocycles. The molecule has 114 valence electrons. The number of thioether (sulfide) groups is 1. The highest BCUT2D eigenvalue weighted by Crippen LogP contribution is 2.29. The normalized spacial score (nSPS) is 13.6. The number of aromatic nitrogens is 3. The molecular formula is C17H13ClN4S. The zero-order valence-corrected chi connectivity index (χ0v) is 14.0. The maximum atomic E-state index is 5.96. The zero-order chi connectivity index (χ0) is 15.8. The van der Waals surface area contributed by atoms with Gasteiger partial charge in [-0.2, -0.15) is 9.78 Å². The molecule has 2 heterocycles. The molecule has 1 aliphatic rings. The minimum Gasteiger partial charge on any atom is -0.187 e. The first-order valence-electron chi connectivity index (χ1n) is 7.20.